The Balaban J connectivity index is 2.63. The lowest BCUT2D eigenvalue weighted by Crippen LogP contribution is -2.13. The second-order valence-corrected chi connectivity index (χ2v) is 4.06. The van der Waals surface area contributed by atoms with Gasteiger partial charge in [0.1, 0.15) is 0 Å². The van der Waals surface area contributed by atoms with Crippen molar-refractivity contribution in [1.82, 2.24) is 19.6 Å². The highest BCUT2D eigenvalue weighted by atomic mass is 15.3. The Morgan fingerprint density at radius 2 is 2.08 bits per heavy atom. The van der Waals surface area contributed by atoms with E-state index in [1.807, 2.05) is 0 Å². The Morgan fingerprint density at radius 1 is 1.31 bits per heavy atom. The molecule has 0 aromatic carbocycles. The zero-order chi connectivity index (χ0) is 9.47. The predicted octanol–water partition coefficient (Wildman–Crippen LogP) is 1.42. The molecule has 13 heavy (non-hydrogen) atoms. The molecule has 0 unspecified atom stereocenters. The lowest BCUT2D eigenvalue weighted by Gasteiger charge is -2.11. The highest BCUT2D eigenvalue weighted by molar-refractivity contribution is 5.33. The number of nitrogens with zero attached hydrogens (tertiary/aromatic N) is 4. The minimum Gasteiger partial charge on any atom is -0.259 e. The third-order valence-electron chi connectivity index (χ3n) is 1.81. The van der Waals surface area contributed by atoms with Crippen molar-refractivity contribution in [2.45, 2.75) is 26.2 Å². The van der Waals surface area contributed by atoms with Gasteiger partial charge in [0, 0.05) is 17.8 Å². The monoisotopic (exact) mass is 176 g/mol. The summed E-state index contributed by atoms with van der Waals surface area (Å²) in [5, 5.41) is 4.35. The van der Waals surface area contributed by atoms with Crippen molar-refractivity contribution < 1.29 is 0 Å². The highest BCUT2D eigenvalue weighted by Gasteiger charge is 2.19. The lowest BCUT2D eigenvalue weighted by molar-refractivity contribution is 0.545. The van der Waals surface area contributed by atoms with Crippen molar-refractivity contribution in [1.29, 1.82) is 0 Å². The molecule has 0 N–H and O–H groups in total. The van der Waals surface area contributed by atoms with Gasteiger partial charge in [-0.15, -0.1) is 0 Å². The summed E-state index contributed by atoms with van der Waals surface area (Å²) in [6.45, 7) is 6.28. The van der Waals surface area contributed by atoms with E-state index in [4.69, 9.17) is 0 Å². The normalized spacial score (nSPS) is 12.2. The molecular formula is C9H12N4. The number of fused-ring (bicyclic) bond motifs is 1. The fraction of sp³-hybridized carbons (Fsp3) is 0.444. The Hall–Kier alpha value is -1.45. The van der Waals surface area contributed by atoms with Gasteiger partial charge < -0.3 is 0 Å². The van der Waals surface area contributed by atoms with Gasteiger partial charge in [-0.1, -0.05) is 20.8 Å². The van der Waals surface area contributed by atoms with E-state index in [0.29, 0.717) is 0 Å². The SMILES string of the molecule is CC(C)(C)c1nc2cnccn2n1. The number of rotatable bonds is 0. The van der Waals surface area contributed by atoms with Crippen molar-refractivity contribution in [3.63, 3.8) is 0 Å². The van der Waals surface area contributed by atoms with Crippen molar-refractivity contribution in [2.24, 2.45) is 0 Å². The third-order valence-corrected chi connectivity index (χ3v) is 1.81. The third kappa shape index (κ3) is 1.39. The van der Waals surface area contributed by atoms with Crippen molar-refractivity contribution in [3.8, 4) is 0 Å². The first-order valence-corrected chi connectivity index (χ1v) is 4.24. The van der Waals surface area contributed by atoms with Gasteiger partial charge in [-0.05, 0) is 0 Å². The average molecular weight is 176 g/mol. The summed E-state index contributed by atoms with van der Waals surface area (Å²) in [4.78, 5) is 8.36. The minimum atomic E-state index is -0.00792. The molecule has 4 heteroatoms. The summed E-state index contributed by atoms with van der Waals surface area (Å²) < 4.78 is 1.74. The van der Waals surface area contributed by atoms with Crippen LogP contribution in [0, 0.1) is 0 Å². The fourth-order valence-electron chi connectivity index (χ4n) is 1.06. The molecule has 0 aliphatic rings. The topological polar surface area (TPSA) is 43.1 Å². The van der Waals surface area contributed by atoms with Crippen LogP contribution >= 0.6 is 0 Å². The van der Waals surface area contributed by atoms with E-state index < -0.39 is 0 Å². The molecule has 2 aromatic rings. The van der Waals surface area contributed by atoms with E-state index in [1.54, 1.807) is 23.1 Å². The Morgan fingerprint density at radius 3 is 2.69 bits per heavy atom. The lowest BCUT2D eigenvalue weighted by atomic mass is 9.96. The average Bonchev–Trinajstić information content (AvgIpc) is 2.45. The molecule has 2 aromatic heterocycles. The van der Waals surface area contributed by atoms with E-state index >= 15 is 0 Å². The van der Waals surface area contributed by atoms with Crippen molar-refractivity contribution in [3.05, 3.63) is 24.4 Å². The van der Waals surface area contributed by atoms with E-state index in [0.717, 1.165) is 11.5 Å². The van der Waals surface area contributed by atoms with Crippen LogP contribution in [0.5, 0.6) is 0 Å². The van der Waals surface area contributed by atoms with Crippen LogP contribution in [0.15, 0.2) is 18.6 Å². The molecule has 0 atom stereocenters. The van der Waals surface area contributed by atoms with Crippen LogP contribution in [0.4, 0.5) is 0 Å². The second-order valence-electron chi connectivity index (χ2n) is 4.06. The maximum absolute atomic E-state index is 4.37. The second kappa shape index (κ2) is 2.52. The zero-order valence-corrected chi connectivity index (χ0v) is 8.02. The van der Waals surface area contributed by atoms with Gasteiger partial charge in [-0.25, -0.2) is 9.50 Å². The molecular weight excluding hydrogens is 164 g/mol. The first-order chi connectivity index (χ1) is 6.07. The van der Waals surface area contributed by atoms with Gasteiger partial charge in [0.2, 0.25) is 0 Å². The molecule has 0 bridgehead atoms. The summed E-state index contributed by atoms with van der Waals surface area (Å²) in [6, 6.07) is 0. The Kier molecular flexibility index (Phi) is 1.58. The molecule has 0 fully saturated rings. The number of aromatic nitrogens is 4. The molecule has 68 valence electrons. The summed E-state index contributed by atoms with van der Waals surface area (Å²) in [7, 11) is 0. The summed E-state index contributed by atoms with van der Waals surface area (Å²) in [5.41, 5.74) is 0.791. The molecule has 0 saturated heterocycles. The predicted molar refractivity (Wildman–Crippen MR) is 49.5 cm³/mol. The van der Waals surface area contributed by atoms with Gasteiger partial charge in [0.05, 0.1) is 6.20 Å². The van der Waals surface area contributed by atoms with Gasteiger partial charge >= 0.3 is 0 Å². The van der Waals surface area contributed by atoms with E-state index in [-0.39, 0.29) is 5.41 Å². The zero-order valence-electron chi connectivity index (χ0n) is 8.02. The Bertz CT molecular complexity index is 391. The summed E-state index contributed by atoms with van der Waals surface area (Å²) >= 11 is 0. The van der Waals surface area contributed by atoms with E-state index in [2.05, 4.69) is 35.8 Å². The maximum Gasteiger partial charge on any atom is 0.173 e. The number of hydrogen-bond acceptors (Lipinski definition) is 3. The summed E-state index contributed by atoms with van der Waals surface area (Å²) in [6.07, 6.45) is 5.22. The van der Waals surface area contributed by atoms with Crippen LogP contribution in [0.2, 0.25) is 0 Å². The van der Waals surface area contributed by atoms with Crippen LogP contribution in [0.1, 0.15) is 26.6 Å². The molecule has 2 rings (SSSR count). The van der Waals surface area contributed by atoms with Crippen molar-refractivity contribution in [2.75, 3.05) is 0 Å². The van der Waals surface area contributed by atoms with E-state index in [1.165, 1.54) is 0 Å². The molecule has 0 amide bonds. The van der Waals surface area contributed by atoms with Crippen LogP contribution < -0.4 is 0 Å². The van der Waals surface area contributed by atoms with Crippen LogP contribution in [0.3, 0.4) is 0 Å². The number of hydrogen-bond donors (Lipinski definition) is 0. The highest BCUT2D eigenvalue weighted by Crippen LogP contribution is 2.18. The Labute approximate surface area is 76.6 Å². The minimum absolute atomic E-state index is 0.00792. The molecule has 2 heterocycles. The quantitative estimate of drug-likeness (QED) is 0.609. The van der Waals surface area contributed by atoms with Gasteiger partial charge in [-0.3, -0.25) is 4.98 Å². The molecule has 0 aliphatic carbocycles. The first kappa shape index (κ1) is 8.16. The summed E-state index contributed by atoms with van der Waals surface area (Å²) in [5.74, 6) is 0.848. The molecule has 0 aliphatic heterocycles. The largest absolute Gasteiger partial charge is 0.259 e. The van der Waals surface area contributed by atoms with E-state index in [9.17, 15) is 0 Å². The van der Waals surface area contributed by atoms with Gasteiger partial charge in [0.25, 0.3) is 0 Å². The first-order valence-electron chi connectivity index (χ1n) is 4.24. The smallest absolute Gasteiger partial charge is 0.173 e. The van der Waals surface area contributed by atoms with Crippen LogP contribution in [0.25, 0.3) is 5.65 Å². The van der Waals surface area contributed by atoms with Crippen LogP contribution in [-0.4, -0.2) is 19.6 Å². The standard InChI is InChI=1S/C9H12N4/c1-9(2,3)8-11-7-6-10-4-5-13(7)12-8/h4-6H,1-3H3. The van der Waals surface area contributed by atoms with Gasteiger partial charge in [0.15, 0.2) is 11.5 Å². The van der Waals surface area contributed by atoms with Crippen LogP contribution in [-0.2, 0) is 5.41 Å². The molecule has 0 saturated carbocycles. The molecule has 4 nitrogen and oxygen atoms in total. The molecule has 0 spiro atoms. The van der Waals surface area contributed by atoms with Gasteiger partial charge in [-0.2, -0.15) is 5.10 Å². The fourth-order valence-corrected chi connectivity index (χ4v) is 1.06. The van der Waals surface area contributed by atoms with Crippen molar-refractivity contribution >= 4 is 5.65 Å². The maximum atomic E-state index is 4.37. The molecule has 0 radical (unpaired) electrons.